The van der Waals surface area contributed by atoms with Gasteiger partial charge in [-0.25, -0.2) is 0 Å². The van der Waals surface area contributed by atoms with Crippen molar-refractivity contribution in [3.63, 3.8) is 0 Å². The monoisotopic (exact) mass is 492 g/mol. The quantitative estimate of drug-likeness (QED) is 0.600. The fourth-order valence-electron chi connectivity index (χ4n) is 2.06. The number of ether oxygens (including phenoxy) is 3. The lowest BCUT2D eigenvalue weighted by atomic mass is 9.95. The molecule has 0 aromatic heterocycles. The van der Waals surface area contributed by atoms with Crippen molar-refractivity contribution in [3.8, 4) is 17.2 Å². The zero-order chi connectivity index (χ0) is 21.2. The molecule has 7 nitrogen and oxygen atoms in total. The Bertz CT molecular complexity index is 733. The average molecular weight is 492 g/mol. The molecule has 1 rings (SSSR count). The molecule has 0 bridgehead atoms. The topological polar surface area (TPSA) is 85.9 Å². The first-order chi connectivity index (χ1) is 12.3. The number of anilines is 2. The van der Waals surface area contributed by atoms with Gasteiger partial charge in [-0.15, -0.1) is 0 Å². The van der Waals surface area contributed by atoms with Gasteiger partial charge in [-0.1, -0.05) is 41.5 Å². The minimum atomic E-state index is -0.638. The van der Waals surface area contributed by atoms with E-state index in [0.717, 1.165) is 0 Å². The van der Waals surface area contributed by atoms with Gasteiger partial charge in [0.1, 0.15) is 11.4 Å². The second kappa shape index (κ2) is 8.53. The van der Waals surface area contributed by atoms with Crippen LogP contribution in [0.15, 0.2) is 0 Å². The van der Waals surface area contributed by atoms with Crippen molar-refractivity contribution in [2.24, 2.45) is 10.8 Å². The van der Waals surface area contributed by atoms with Crippen molar-refractivity contribution in [2.75, 3.05) is 32.0 Å². The number of methoxy groups -OCH3 is 3. The van der Waals surface area contributed by atoms with Crippen LogP contribution in [-0.4, -0.2) is 33.1 Å². The smallest absolute Gasteiger partial charge is 0.229 e. The number of hydrogen-bond acceptors (Lipinski definition) is 5. The second-order valence-electron chi connectivity index (χ2n) is 8.07. The van der Waals surface area contributed by atoms with Gasteiger partial charge in [0.05, 0.1) is 24.9 Å². The highest BCUT2D eigenvalue weighted by Crippen LogP contribution is 2.51. The van der Waals surface area contributed by atoms with E-state index in [9.17, 15) is 9.59 Å². The first kappa shape index (κ1) is 23.3. The summed E-state index contributed by atoms with van der Waals surface area (Å²) in [5.74, 6) is 0.596. The van der Waals surface area contributed by atoms with Gasteiger partial charge < -0.3 is 24.8 Å². The van der Waals surface area contributed by atoms with Crippen molar-refractivity contribution in [1.82, 2.24) is 0 Å². The molecule has 0 atom stereocenters. The molecule has 0 spiro atoms. The molecule has 0 radical (unpaired) electrons. The fraction of sp³-hybridized carbons (Fsp3) is 0.579. The van der Waals surface area contributed by atoms with Gasteiger partial charge in [0.25, 0.3) is 0 Å². The Balaban J connectivity index is 3.71. The Morgan fingerprint density at radius 1 is 0.704 bits per heavy atom. The lowest BCUT2D eigenvalue weighted by Crippen LogP contribution is -2.30. The van der Waals surface area contributed by atoms with Gasteiger partial charge in [0.2, 0.25) is 11.8 Å². The summed E-state index contributed by atoms with van der Waals surface area (Å²) in [6, 6.07) is 0. The molecule has 2 N–H and O–H groups in total. The zero-order valence-electron chi connectivity index (χ0n) is 17.4. The largest absolute Gasteiger partial charge is 0.492 e. The van der Waals surface area contributed by atoms with Crippen LogP contribution >= 0.6 is 22.6 Å². The number of carbonyl (C=O) groups excluding carboxylic acids is 2. The molecule has 27 heavy (non-hydrogen) atoms. The maximum Gasteiger partial charge on any atom is 0.229 e. The average Bonchev–Trinajstić information content (AvgIpc) is 2.55. The van der Waals surface area contributed by atoms with Crippen molar-refractivity contribution >= 4 is 45.8 Å². The second-order valence-corrected chi connectivity index (χ2v) is 9.15. The zero-order valence-corrected chi connectivity index (χ0v) is 19.6. The molecule has 8 heteroatoms. The van der Waals surface area contributed by atoms with Gasteiger partial charge in [-0.2, -0.15) is 0 Å². The van der Waals surface area contributed by atoms with E-state index in [1.165, 1.54) is 21.3 Å². The molecule has 0 fully saturated rings. The Labute approximate surface area is 174 Å². The molecule has 0 saturated carbocycles. The minimum absolute atomic E-state index is 0.195. The lowest BCUT2D eigenvalue weighted by Gasteiger charge is -2.26. The number of nitrogens with one attached hydrogen (secondary N) is 2. The highest BCUT2D eigenvalue weighted by Gasteiger charge is 2.32. The summed E-state index contributed by atoms with van der Waals surface area (Å²) < 4.78 is 17.1. The number of rotatable bonds is 5. The van der Waals surface area contributed by atoms with Crippen LogP contribution in [0, 0.1) is 14.4 Å². The molecular formula is C19H29IN2O5. The minimum Gasteiger partial charge on any atom is -0.492 e. The van der Waals surface area contributed by atoms with Gasteiger partial charge in [-0.05, 0) is 22.6 Å². The van der Waals surface area contributed by atoms with Crippen molar-refractivity contribution in [1.29, 1.82) is 0 Å². The van der Waals surface area contributed by atoms with E-state index >= 15 is 0 Å². The maximum atomic E-state index is 12.6. The standard InChI is InChI=1S/C19H29IN2O5/c1-18(2,3)16(23)21-11-10(20)13(25-7)15(27-9)12(14(11)26-8)22-17(24)19(4,5)6/h1-9H3,(H,21,23)(H,22,24). The highest BCUT2D eigenvalue weighted by molar-refractivity contribution is 14.1. The molecule has 152 valence electrons. The third-order valence-electron chi connectivity index (χ3n) is 3.76. The van der Waals surface area contributed by atoms with E-state index in [-0.39, 0.29) is 11.8 Å². The Hall–Kier alpha value is -1.71. The summed E-state index contributed by atoms with van der Waals surface area (Å²) in [6.07, 6.45) is 0. The Kier molecular flexibility index (Phi) is 7.37. The van der Waals surface area contributed by atoms with E-state index in [0.29, 0.717) is 32.2 Å². The van der Waals surface area contributed by atoms with Crippen molar-refractivity contribution in [3.05, 3.63) is 3.57 Å². The fourth-order valence-corrected chi connectivity index (χ4v) is 2.91. The summed E-state index contributed by atoms with van der Waals surface area (Å²) >= 11 is 2.05. The Morgan fingerprint density at radius 2 is 1.07 bits per heavy atom. The van der Waals surface area contributed by atoms with Crippen LogP contribution < -0.4 is 24.8 Å². The molecule has 0 aliphatic heterocycles. The van der Waals surface area contributed by atoms with Gasteiger partial charge >= 0.3 is 0 Å². The first-order valence-electron chi connectivity index (χ1n) is 8.43. The number of halogens is 1. The van der Waals surface area contributed by atoms with Gasteiger partial charge in [0, 0.05) is 10.8 Å². The van der Waals surface area contributed by atoms with E-state index in [2.05, 4.69) is 33.2 Å². The summed E-state index contributed by atoms with van der Waals surface area (Å²) in [5, 5.41) is 5.74. The van der Waals surface area contributed by atoms with Crippen molar-refractivity contribution < 1.29 is 23.8 Å². The van der Waals surface area contributed by atoms with Gasteiger partial charge in [0.15, 0.2) is 17.2 Å². The number of benzene rings is 1. The van der Waals surface area contributed by atoms with Crippen LogP contribution in [0.1, 0.15) is 41.5 Å². The van der Waals surface area contributed by atoms with Crippen LogP contribution in [0.3, 0.4) is 0 Å². The molecule has 2 amide bonds. The third-order valence-corrected chi connectivity index (χ3v) is 4.79. The molecule has 1 aromatic rings. The van der Waals surface area contributed by atoms with Crippen LogP contribution in [-0.2, 0) is 9.59 Å². The predicted octanol–water partition coefficient (Wildman–Crippen LogP) is 4.29. The summed E-state index contributed by atoms with van der Waals surface area (Å²) in [5.41, 5.74) is -0.529. The SMILES string of the molecule is COc1c(NC(=O)C(C)(C)C)c(I)c(OC)c(OC)c1NC(=O)C(C)(C)C. The molecule has 0 unspecified atom stereocenters. The molecule has 0 heterocycles. The molecule has 0 aliphatic rings. The Morgan fingerprint density at radius 3 is 1.41 bits per heavy atom. The van der Waals surface area contributed by atoms with Crippen molar-refractivity contribution in [2.45, 2.75) is 41.5 Å². The van der Waals surface area contributed by atoms with Crippen LogP contribution in [0.5, 0.6) is 17.2 Å². The predicted molar refractivity (Wildman–Crippen MR) is 115 cm³/mol. The molecular weight excluding hydrogens is 463 g/mol. The van der Waals surface area contributed by atoms with E-state index < -0.39 is 10.8 Å². The molecule has 1 aromatic carbocycles. The van der Waals surface area contributed by atoms with Crippen LogP contribution in [0.25, 0.3) is 0 Å². The van der Waals surface area contributed by atoms with Crippen LogP contribution in [0.2, 0.25) is 0 Å². The summed E-state index contributed by atoms with van der Waals surface area (Å²) in [4.78, 5) is 25.2. The van der Waals surface area contributed by atoms with E-state index in [1.54, 1.807) is 20.8 Å². The number of hydrogen-bond donors (Lipinski definition) is 2. The van der Waals surface area contributed by atoms with Gasteiger partial charge in [-0.3, -0.25) is 9.59 Å². The van der Waals surface area contributed by atoms with E-state index in [1.807, 2.05) is 20.8 Å². The highest BCUT2D eigenvalue weighted by atomic mass is 127. The molecule has 0 aliphatic carbocycles. The summed E-state index contributed by atoms with van der Waals surface area (Å²) in [7, 11) is 4.45. The van der Waals surface area contributed by atoms with E-state index in [4.69, 9.17) is 14.2 Å². The third kappa shape index (κ3) is 5.18. The summed E-state index contributed by atoms with van der Waals surface area (Å²) in [6.45, 7) is 10.8. The lowest BCUT2D eigenvalue weighted by molar-refractivity contribution is -0.123. The first-order valence-corrected chi connectivity index (χ1v) is 9.51. The maximum absolute atomic E-state index is 12.6. The number of amides is 2. The normalized spacial score (nSPS) is 11.6. The van der Waals surface area contributed by atoms with Crippen LogP contribution in [0.4, 0.5) is 11.4 Å². The number of carbonyl (C=O) groups is 2. The molecule has 0 saturated heterocycles.